The highest BCUT2D eigenvalue weighted by atomic mass is 35.5. The Kier molecular flexibility index (Phi) is 4.17. The molecule has 2 rings (SSSR count). The van der Waals surface area contributed by atoms with Crippen LogP contribution in [0.2, 0.25) is 10.0 Å². The van der Waals surface area contributed by atoms with Crippen molar-refractivity contribution in [2.45, 2.75) is 13.0 Å². The molecule has 5 nitrogen and oxygen atoms in total. The largest absolute Gasteiger partial charge is 0.353 e. The van der Waals surface area contributed by atoms with Crippen LogP contribution in [0.1, 0.15) is 6.92 Å². The van der Waals surface area contributed by atoms with Crippen molar-refractivity contribution in [2.75, 3.05) is 18.4 Å². The number of piperazine rings is 1. The SMILES string of the molecule is C[C@H]1C(=O)NCCN1C(=O)Nc1ccc(Cl)c(Cl)c1. The van der Waals surface area contributed by atoms with Crippen molar-refractivity contribution in [1.82, 2.24) is 10.2 Å². The normalized spacial score (nSPS) is 19.0. The fourth-order valence-corrected chi connectivity index (χ4v) is 2.13. The Morgan fingerprint density at radius 2 is 2.16 bits per heavy atom. The van der Waals surface area contributed by atoms with Crippen LogP contribution in [0.15, 0.2) is 18.2 Å². The van der Waals surface area contributed by atoms with Crippen LogP contribution >= 0.6 is 23.2 Å². The van der Waals surface area contributed by atoms with Crippen LogP contribution in [0.3, 0.4) is 0 Å². The monoisotopic (exact) mass is 301 g/mol. The second kappa shape index (κ2) is 5.67. The lowest BCUT2D eigenvalue weighted by atomic mass is 10.2. The molecule has 1 saturated heterocycles. The number of nitrogens with zero attached hydrogens (tertiary/aromatic N) is 1. The number of rotatable bonds is 1. The highest BCUT2D eigenvalue weighted by Gasteiger charge is 2.29. The van der Waals surface area contributed by atoms with Crippen molar-refractivity contribution in [3.8, 4) is 0 Å². The van der Waals surface area contributed by atoms with Gasteiger partial charge in [0.25, 0.3) is 0 Å². The molecule has 2 N–H and O–H groups in total. The van der Waals surface area contributed by atoms with Gasteiger partial charge in [-0.1, -0.05) is 23.2 Å². The van der Waals surface area contributed by atoms with E-state index in [0.29, 0.717) is 28.8 Å². The Hall–Kier alpha value is -1.46. The first kappa shape index (κ1) is 14.0. The van der Waals surface area contributed by atoms with Crippen LogP contribution in [0.25, 0.3) is 0 Å². The van der Waals surface area contributed by atoms with E-state index in [1.54, 1.807) is 25.1 Å². The zero-order valence-electron chi connectivity index (χ0n) is 10.2. The van der Waals surface area contributed by atoms with E-state index >= 15 is 0 Å². The molecule has 1 fully saturated rings. The maximum atomic E-state index is 12.1. The molecule has 0 saturated carbocycles. The number of halogens is 2. The lowest BCUT2D eigenvalue weighted by Gasteiger charge is -2.32. The third-order valence-corrected chi connectivity index (χ3v) is 3.67. The molecule has 0 radical (unpaired) electrons. The van der Waals surface area contributed by atoms with Gasteiger partial charge in [0.15, 0.2) is 0 Å². The molecule has 1 heterocycles. The predicted molar refractivity (Wildman–Crippen MR) is 74.7 cm³/mol. The van der Waals surface area contributed by atoms with E-state index in [-0.39, 0.29) is 11.9 Å². The molecular formula is C12H13Cl2N3O2. The predicted octanol–water partition coefficient (Wildman–Crippen LogP) is 2.35. The summed E-state index contributed by atoms with van der Waals surface area (Å²) >= 11 is 11.7. The molecule has 1 aliphatic rings. The topological polar surface area (TPSA) is 61.4 Å². The zero-order chi connectivity index (χ0) is 14.0. The van der Waals surface area contributed by atoms with Crippen molar-refractivity contribution >= 4 is 40.8 Å². The number of hydrogen-bond acceptors (Lipinski definition) is 2. The molecule has 3 amide bonds. The van der Waals surface area contributed by atoms with Crippen molar-refractivity contribution < 1.29 is 9.59 Å². The molecule has 19 heavy (non-hydrogen) atoms. The van der Waals surface area contributed by atoms with Crippen LogP contribution in [0, 0.1) is 0 Å². The maximum absolute atomic E-state index is 12.1. The Labute approximate surface area is 120 Å². The van der Waals surface area contributed by atoms with Gasteiger partial charge in [-0.05, 0) is 25.1 Å². The van der Waals surface area contributed by atoms with Gasteiger partial charge in [0.1, 0.15) is 6.04 Å². The second-order valence-electron chi connectivity index (χ2n) is 4.22. The number of carbonyl (C=O) groups is 2. The molecule has 0 spiro atoms. The summed E-state index contributed by atoms with van der Waals surface area (Å²) in [4.78, 5) is 25.0. The fraction of sp³-hybridized carbons (Fsp3) is 0.333. The summed E-state index contributed by atoms with van der Waals surface area (Å²) in [6.07, 6.45) is 0. The third kappa shape index (κ3) is 3.11. The smallest absolute Gasteiger partial charge is 0.322 e. The van der Waals surface area contributed by atoms with Gasteiger partial charge in [0.05, 0.1) is 10.0 Å². The van der Waals surface area contributed by atoms with E-state index < -0.39 is 6.04 Å². The molecule has 1 atom stereocenters. The van der Waals surface area contributed by atoms with Crippen molar-refractivity contribution in [1.29, 1.82) is 0 Å². The summed E-state index contributed by atoms with van der Waals surface area (Å²) in [5.41, 5.74) is 0.539. The number of benzene rings is 1. The van der Waals surface area contributed by atoms with Gasteiger partial charge in [0, 0.05) is 18.8 Å². The van der Waals surface area contributed by atoms with Crippen LogP contribution in [-0.4, -0.2) is 36.0 Å². The number of anilines is 1. The summed E-state index contributed by atoms with van der Waals surface area (Å²) in [7, 11) is 0. The van der Waals surface area contributed by atoms with Crippen LogP contribution in [0.4, 0.5) is 10.5 Å². The maximum Gasteiger partial charge on any atom is 0.322 e. The summed E-state index contributed by atoms with van der Waals surface area (Å²) in [5.74, 6) is -0.157. The van der Waals surface area contributed by atoms with Crippen molar-refractivity contribution in [2.24, 2.45) is 0 Å². The number of amides is 3. The van der Waals surface area contributed by atoms with E-state index in [1.807, 2.05) is 0 Å². The molecular weight excluding hydrogens is 289 g/mol. The van der Waals surface area contributed by atoms with Gasteiger partial charge in [-0.3, -0.25) is 4.79 Å². The highest BCUT2D eigenvalue weighted by Crippen LogP contribution is 2.25. The molecule has 0 aromatic heterocycles. The van der Waals surface area contributed by atoms with Gasteiger partial charge in [-0.25, -0.2) is 4.79 Å². The summed E-state index contributed by atoms with van der Waals surface area (Å²) in [6.45, 7) is 2.61. The molecule has 0 bridgehead atoms. The van der Waals surface area contributed by atoms with Crippen LogP contribution in [0.5, 0.6) is 0 Å². The van der Waals surface area contributed by atoms with Crippen molar-refractivity contribution in [3.63, 3.8) is 0 Å². The van der Waals surface area contributed by atoms with Gasteiger partial charge >= 0.3 is 6.03 Å². The van der Waals surface area contributed by atoms with E-state index in [0.717, 1.165) is 0 Å². The Morgan fingerprint density at radius 1 is 1.42 bits per heavy atom. The number of hydrogen-bond donors (Lipinski definition) is 2. The van der Waals surface area contributed by atoms with Gasteiger partial charge in [-0.2, -0.15) is 0 Å². The summed E-state index contributed by atoms with van der Waals surface area (Å²) in [6, 6.07) is 4.00. The quantitative estimate of drug-likeness (QED) is 0.836. The zero-order valence-corrected chi connectivity index (χ0v) is 11.8. The first-order valence-corrected chi connectivity index (χ1v) is 6.55. The Morgan fingerprint density at radius 3 is 2.84 bits per heavy atom. The third-order valence-electron chi connectivity index (χ3n) is 2.93. The molecule has 1 aliphatic heterocycles. The molecule has 1 aromatic rings. The second-order valence-corrected chi connectivity index (χ2v) is 5.03. The average molecular weight is 302 g/mol. The number of carbonyl (C=O) groups excluding carboxylic acids is 2. The fourth-order valence-electron chi connectivity index (χ4n) is 1.83. The van der Waals surface area contributed by atoms with E-state index in [1.165, 1.54) is 4.90 Å². The Balaban J connectivity index is 2.08. The van der Waals surface area contributed by atoms with Crippen molar-refractivity contribution in [3.05, 3.63) is 28.2 Å². The van der Waals surface area contributed by atoms with E-state index in [9.17, 15) is 9.59 Å². The molecule has 7 heteroatoms. The lowest BCUT2D eigenvalue weighted by molar-refractivity contribution is -0.126. The minimum Gasteiger partial charge on any atom is -0.353 e. The van der Waals surface area contributed by atoms with Gasteiger partial charge < -0.3 is 15.5 Å². The highest BCUT2D eigenvalue weighted by molar-refractivity contribution is 6.42. The van der Waals surface area contributed by atoms with E-state index in [4.69, 9.17) is 23.2 Å². The van der Waals surface area contributed by atoms with Crippen LogP contribution in [-0.2, 0) is 4.79 Å². The minimum atomic E-state index is -0.489. The average Bonchev–Trinajstić information content (AvgIpc) is 2.37. The van der Waals surface area contributed by atoms with E-state index in [2.05, 4.69) is 10.6 Å². The molecule has 0 unspecified atom stereocenters. The van der Waals surface area contributed by atoms with Gasteiger partial charge in [-0.15, -0.1) is 0 Å². The first-order chi connectivity index (χ1) is 8.99. The lowest BCUT2D eigenvalue weighted by Crippen LogP contribution is -2.56. The minimum absolute atomic E-state index is 0.157. The first-order valence-electron chi connectivity index (χ1n) is 5.79. The number of nitrogens with one attached hydrogen (secondary N) is 2. The van der Waals surface area contributed by atoms with Crippen LogP contribution < -0.4 is 10.6 Å². The number of urea groups is 1. The standard InChI is InChI=1S/C12H13Cl2N3O2/c1-7-11(18)15-4-5-17(7)12(19)16-8-2-3-9(13)10(14)6-8/h2-3,6-7H,4-5H2,1H3,(H,15,18)(H,16,19)/t7-/m0/s1. The Bertz CT molecular complexity index is 522. The molecule has 1 aromatic carbocycles. The molecule has 102 valence electrons. The summed E-state index contributed by atoms with van der Waals surface area (Å²) in [5, 5.41) is 6.18. The summed E-state index contributed by atoms with van der Waals surface area (Å²) < 4.78 is 0. The van der Waals surface area contributed by atoms with Gasteiger partial charge in [0.2, 0.25) is 5.91 Å². The molecule has 0 aliphatic carbocycles.